The molecule has 0 saturated carbocycles. The second-order valence-electron chi connectivity index (χ2n) is 7.25. The highest BCUT2D eigenvalue weighted by Gasteiger charge is 2.30. The summed E-state index contributed by atoms with van der Waals surface area (Å²) in [6.45, 7) is 3.46. The highest BCUT2D eigenvalue weighted by molar-refractivity contribution is 5.81. The maximum absolute atomic E-state index is 12.8. The number of hydrogen-bond acceptors (Lipinski definition) is 4. The van der Waals surface area contributed by atoms with Gasteiger partial charge in [-0.1, -0.05) is 18.2 Å². The van der Waals surface area contributed by atoms with Gasteiger partial charge in [0.25, 0.3) is 0 Å². The van der Waals surface area contributed by atoms with Gasteiger partial charge in [0.15, 0.2) is 0 Å². The Balaban J connectivity index is 1.50. The molecule has 1 aliphatic rings. The summed E-state index contributed by atoms with van der Waals surface area (Å²) in [4.78, 5) is 16.5. The summed E-state index contributed by atoms with van der Waals surface area (Å²) in [6, 6.07) is 14.4. The lowest BCUT2D eigenvalue weighted by Crippen LogP contribution is -2.38. The SMILES string of the molecule is N#Cc1ccc(CN2CCCN(C(=O)CNc3cccc(C(F)(F)F)c3)CC2)cc1. The van der Waals surface area contributed by atoms with E-state index in [0.717, 1.165) is 43.8 Å². The minimum Gasteiger partial charge on any atom is -0.376 e. The van der Waals surface area contributed by atoms with Gasteiger partial charge in [0.2, 0.25) is 5.91 Å². The third-order valence-electron chi connectivity index (χ3n) is 5.06. The molecule has 1 aliphatic heterocycles. The predicted molar refractivity (Wildman–Crippen MR) is 108 cm³/mol. The lowest BCUT2D eigenvalue weighted by atomic mass is 10.1. The molecule has 2 aromatic carbocycles. The Kier molecular flexibility index (Phi) is 6.95. The summed E-state index contributed by atoms with van der Waals surface area (Å²) in [5.74, 6) is -0.132. The van der Waals surface area contributed by atoms with E-state index in [1.807, 2.05) is 12.1 Å². The van der Waals surface area contributed by atoms with Gasteiger partial charge < -0.3 is 10.2 Å². The monoisotopic (exact) mass is 416 g/mol. The van der Waals surface area contributed by atoms with Gasteiger partial charge in [-0.3, -0.25) is 9.69 Å². The maximum Gasteiger partial charge on any atom is 0.416 e. The zero-order valence-corrected chi connectivity index (χ0v) is 16.5. The van der Waals surface area contributed by atoms with Crippen molar-refractivity contribution in [2.45, 2.75) is 19.1 Å². The molecular formula is C22H23F3N4O. The lowest BCUT2D eigenvalue weighted by molar-refractivity contribution is -0.137. The first-order chi connectivity index (χ1) is 14.3. The molecule has 0 unspecified atom stereocenters. The number of nitrogens with one attached hydrogen (secondary N) is 1. The van der Waals surface area contributed by atoms with Crippen LogP contribution < -0.4 is 5.32 Å². The number of rotatable bonds is 5. The molecule has 1 N–H and O–H groups in total. The fourth-order valence-electron chi connectivity index (χ4n) is 3.42. The Hall–Kier alpha value is -3.05. The Labute approximate surface area is 173 Å². The molecule has 0 bridgehead atoms. The van der Waals surface area contributed by atoms with Crippen molar-refractivity contribution in [3.8, 4) is 6.07 Å². The second-order valence-corrected chi connectivity index (χ2v) is 7.25. The molecule has 0 atom stereocenters. The number of benzene rings is 2. The van der Waals surface area contributed by atoms with E-state index in [-0.39, 0.29) is 18.1 Å². The van der Waals surface area contributed by atoms with Crippen LogP contribution in [0, 0.1) is 11.3 Å². The summed E-state index contributed by atoms with van der Waals surface area (Å²) in [5.41, 5.74) is 1.27. The first kappa shape index (κ1) is 21.7. The molecule has 1 fully saturated rings. The van der Waals surface area contributed by atoms with Crippen LogP contribution in [0.15, 0.2) is 48.5 Å². The Bertz CT molecular complexity index is 906. The Morgan fingerprint density at radius 1 is 1.07 bits per heavy atom. The van der Waals surface area contributed by atoms with Crippen LogP contribution in [0.2, 0.25) is 0 Å². The average molecular weight is 416 g/mol. The van der Waals surface area contributed by atoms with Gasteiger partial charge in [-0.15, -0.1) is 0 Å². The van der Waals surface area contributed by atoms with Crippen LogP contribution in [0.3, 0.4) is 0 Å². The van der Waals surface area contributed by atoms with Crippen LogP contribution in [0.1, 0.15) is 23.1 Å². The van der Waals surface area contributed by atoms with Crippen molar-refractivity contribution in [3.63, 3.8) is 0 Å². The van der Waals surface area contributed by atoms with E-state index < -0.39 is 11.7 Å². The van der Waals surface area contributed by atoms with Crippen LogP contribution in [0.25, 0.3) is 0 Å². The van der Waals surface area contributed by atoms with E-state index in [4.69, 9.17) is 5.26 Å². The second kappa shape index (κ2) is 9.63. The average Bonchev–Trinajstić information content (AvgIpc) is 2.98. The minimum atomic E-state index is -4.41. The van der Waals surface area contributed by atoms with E-state index in [2.05, 4.69) is 16.3 Å². The Morgan fingerprint density at radius 2 is 1.83 bits per heavy atom. The largest absolute Gasteiger partial charge is 0.416 e. The number of carbonyl (C=O) groups is 1. The minimum absolute atomic E-state index is 0.0447. The van der Waals surface area contributed by atoms with Crippen LogP contribution >= 0.6 is 0 Å². The normalized spacial score (nSPS) is 15.3. The van der Waals surface area contributed by atoms with Crippen molar-refractivity contribution in [3.05, 3.63) is 65.2 Å². The number of nitriles is 1. The zero-order chi connectivity index (χ0) is 21.6. The predicted octanol–water partition coefficient (Wildman–Crippen LogP) is 3.72. The molecule has 0 aromatic heterocycles. The fourth-order valence-corrected chi connectivity index (χ4v) is 3.42. The molecule has 0 aliphatic carbocycles. The molecule has 1 heterocycles. The lowest BCUT2D eigenvalue weighted by Gasteiger charge is -2.22. The molecule has 158 valence electrons. The fraction of sp³-hybridized carbons (Fsp3) is 0.364. The van der Waals surface area contributed by atoms with Gasteiger partial charge in [-0.05, 0) is 42.3 Å². The number of amides is 1. The molecule has 1 amide bonds. The highest BCUT2D eigenvalue weighted by Crippen LogP contribution is 2.30. The summed E-state index contributed by atoms with van der Waals surface area (Å²) < 4.78 is 38.4. The van der Waals surface area contributed by atoms with Gasteiger partial charge in [-0.2, -0.15) is 18.4 Å². The number of hydrogen-bond donors (Lipinski definition) is 1. The molecular weight excluding hydrogens is 393 g/mol. The van der Waals surface area contributed by atoms with Crippen molar-refractivity contribution in [1.82, 2.24) is 9.80 Å². The topological polar surface area (TPSA) is 59.4 Å². The van der Waals surface area contributed by atoms with E-state index in [1.165, 1.54) is 12.1 Å². The van der Waals surface area contributed by atoms with Crippen LogP contribution in [0.5, 0.6) is 0 Å². The van der Waals surface area contributed by atoms with Crippen LogP contribution in [-0.4, -0.2) is 48.4 Å². The van der Waals surface area contributed by atoms with Crippen LogP contribution in [-0.2, 0) is 17.5 Å². The third-order valence-corrected chi connectivity index (χ3v) is 5.06. The van der Waals surface area contributed by atoms with Gasteiger partial charge in [0.05, 0.1) is 23.7 Å². The number of alkyl halides is 3. The van der Waals surface area contributed by atoms with E-state index in [9.17, 15) is 18.0 Å². The standard InChI is InChI=1S/C22H23F3N4O/c23-22(24,25)19-3-1-4-20(13-19)27-15-21(30)29-10-2-9-28(11-12-29)16-18-7-5-17(14-26)6-8-18/h1,3-8,13,27H,2,9-12,15-16H2. The van der Waals surface area contributed by atoms with Crippen LogP contribution in [0.4, 0.5) is 18.9 Å². The first-order valence-corrected chi connectivity index (χ1v) is 9.75. The van der Waals surface area contributed by atoms with Gasteiger partial charge in [0, 0.05) is 38.4 Å². The summed E-state index contributed by atoms with van der Waals surface area (Å²) in [7, 11) is 0. The van der Waals surface area contributed by atoms with E-state index in [1.54, 1.807) is 17.0 Å². The van der Waals surface area contributed by atoms with Gasteiger partial charge in [-0.25, -0.2) is 0 Å². The van der Waals surface area contributed by atoms with Gasteiger partial charge in [0.1, 0.15) is 0 Å². The number of anilines is 1. The molecule has 2 aromatic rings. The first-order valence-electron chi connectivity index (χ1n) is 9.75. The van der Waals surface area contributed by atoms with Crippen molar-refractivity contribution in [2.24, 2.45) is 0 Å². The van der Waals surface area contributed by atoms with E-state index in [0.29, 0.717) is 18.7 Å². The van der Waals surface area contributed by atoms with Gasteiger partial charge >= 0.3 is 6.18 Å². The molecule has 8 heteroatoms. The molecule has 30 heavy (non-hydrogen) atoms. The number of halogens is 3. The quantitative estimate of drug-likeness (QED) is 0.807. The van der Waals surface area contributed by atoms with E-state index >= 15 is 0 Å². The number of nitrogens with zero attached hydrogens (tertiary/aromatic N) is 3. The smallest absolute Gasteiger partial charge is 0.376 e. The molecule has 1 saturated heterocycles. The van der Waals surface area contributed by atoms with Crippen molar-refractivity contribution in [1.29, 1.82) is 5.26 Å². The van der Waals surface area contributed by atoms with Crippen molar-refractivity contribution < 1.29 is 18.0 Å². The summed E-state index contributed by atoms with van der Waals surface area (Å²) >= 11 is 0. The maximum atomic E-state index is 12.8. The summed E-state index contributed by atoms with van der Waals surface area (Å²) in [5, 5.41) is 11.7. The van der Waals surface area contributed by atoms with Crippen molar-refractivity contribution in [2.75, 3.05) is 38.0 Å². The number of carbonyl (C=O) groups excluding carboxylic acids is 1. The highest BCUT2D eigenvalue weighted by atomic mass is 19.4. The van der Waals surface area contributed by atoms with Crippen molar-refractivity contribution >= 4 is 11.6 Å². The molecule has 0 spiro atoms. The molecule has 3 rings (SSSR count). The molecule has 5 nitrogen and oxygen atoms in total. The Morgan fingerprint density at radius 3 is 2.53 bits per heavy atom. The zero-order valence-electron chi connectivity index (χ0n) is 16.5. The molecule has 0 radical (unpaired) electrons. The summed E-state index contributed by atoms with van der Waals surface area (Å²) in [6.07, 6.45) is -3.59. The third kappa shape index (κ3) is 5.97.